The number of ether oxygens (including phenoxy) is 1. The molecule has 0 aliphatic rings. The summed E-state index contributed by atoms with van der Waals surface area (Å²) < 4.78 is 5.80. The Hall–Kier alpha value is -2.33. The lowest BCUT2D eigenvalue weighted by atomic mass is 9.92. The van der Waals surface area contributed by atoms with E-state index in [-0.39, 0.29) is 26.0 Å². The van der Waals surface area contributed by atoms with Gasteiger partial charge in [-0.2, -0.15) is 9.59 Å². The van der Waals surface area contributed by atoms with Gasteiger partial charge in [-0.3, -0.25) is 0 Å². The molecule has 1 aromatic carbocycles. The van der Waals surface area contributed by atoms with Crippen molar-refractivity contribution in [3.63, 3.8) is 0 Å². The van der Waals surface area contributed by atoms with Crippen molar-refractivity contribution in [2.75, 3.05) is 13.2 Å². The van der Waals surface area contributed by atoms with Crippen molar-refractivity contribution < 1.29 is 34.4 Å². The first-order valence-electron chi connectivity index (χ1n) is 9.69. The second-order valence-corrected chi connectivity index (χ2v) is 7.16. The molecule has 1 aromatic heterocycles. The molecule has 31 heavy (non-hydrogen) atoms. The monoisotopic (exact) mass is 498 g/mol. The molecule has 2 aromatic rings. The smallest absolute Gasteiger partial charge is 0.373 e. The largest absolute Gasteiger partial charge is 0.461 e. The highest BCUT2D eigenvalue weighted by Crippen LogP contribution is 2.39. The number of halogens is 1. The maximum atomic E-state index is 12.4. The van der Waals surface area contributed by atoms with Crippen molar-refractivity contribution >= 4 is 28.1 Å². The van der Waals surface area contributed by atoms with Crippen LogP contribution in [0.15, 0.2) is 16.6 Å². The topological polar surface area (TPSA) is 149 Å². The van der Waals surface area contributed by atoms with Gasteiger partial charge in [0.05, 0.1) is 30.9 Å². The first-order chi connectivity index (χ1) is 14.9. The SMILES string of the molecule is CCCOC(=O)c1[nH]c(CNCC)c(-c2ccc(CO)c(CO)c2CO)c1Br.O=C=O. The average molecular weight is 499 g/mol. The summed E-state index contributed by atoms with van der Waals surface area (Å²) in [5.41, 5.74) is 4.00. The molecule has 9 nitrogen and oxygen atoms in total. The average Bonchev–Trinajstić information content (AvgIpc) is 3.11. The normalized spacial score (nSPS) is 10.3. The minimum absolute atomic E-state index is 0.240. The predicted octanol–water partition coefficient (Wildman–Crippen LogP) is 2.01. The number of aromatic nitrogens is 1. The maximum absolute atomic E-state index is 12.4. The van der Waals surface area contributed by atoms with Crippen LogP contribution in [-0.4, -0.2) is 45.6 Å². The Kier molecular flexibility index (Phi) is 11.9. The number of aliphatic hydroxyl groups is 3. The number of aromatic amines is 1. The zero-order valence-electron chi connectivity index (χ0n) is 17.5. The molecule has 0 aliphatic heterocycles. The highest BCUT2D eigenvalue weighted by Gasteiger charge is 2.25. The molecule has 0 radical (unpaired) electrons. The van der Waals surface area contributed by atoms with Gasteiger partial charge >= 0.3 is 12.1 Å². The molecule has 10 heteroatoms. The summed E-state index contributed by atoms with van der Waals surface area (Å²) in [6, 6.07) is 3.49. The molecule has 1 heterocycles. The summed E-state index contributed by atoms with van der Waals surface area (Å²) in [4.78, 5) is 31.8. The highest BCUT2D eigenvalue weighted by atomic mass is 79.9. The summed E-state index contributed by atoms with van der Waals surface area (Å²) in [6.45, 7) is 4.58. The molecule has 170 valence electrons. The van der Waals surface area contributed by atoms with E-state index in [1.165, 1.54) is 0 Å². The van der Waals surface area contributed by atoms with Crippen molar-refractivity contribution in [3.8, 4) is 11.1 Å². The van der Waals surface area contributed by atoms with Crippen molar-refractivity contribution in [2.24, 2.45) is 0 Å². The third-order valence-electron chi connectivity index (χ3n) is 4.49. The van der Waals surface area contributed by atoms with Crippen molar-refractivity contribution in [3.05, 3.63) is 44.7 Å². The Morgan fingerprint density at radius 1 is 1.13 bits per heavy atom. The Balaban J connectivity index is 0.00000151. The molecule has 0 unspecified atom stereocenters. The zero-order chi connectivity index (χ0) is 23.4. The molecule has 0 aliphatic carbocycles. The number of aliphatic hydroxyl groups excluding tert-OH is 3. The Morgan fingerprint density at radius 3 is 2.29 bits per heavy atom. The third kappa shape index (κ3) is 6.57. The predicted molar refractivity (Wildman–Crippen MR) is 115 cm³/mol. The third-order valence-corrected chi connectivity index (χ3v) is 5.29. The van der Waals surface area contributed by atoms with Crippen LogP contribution < -0.4 is 5.32 Å². The van der Waals surface area contributed by atoms with E-state index in [9.17, 15) is 20.1 Å². The van der Waals surface area contributed by atoms with Gasteiger partial charge in [-0.25, -0.2) is 4.79 Å². The second-order valence-electron chi connectivity index (χ2n) is 6.37. The van der Waals surface area contributed by atoms with Gasteiger partial charge in [-0.15, -0.1) is 0 Å². The van der Waals surface area contributed by atoms with Crippen molar-refractivity contribution in [2.45, 2.75) is 46.6 Å². The van der Waals surface area contributed by atoms with Crippen LogP contribution in [0.4, 0.5) is 0 Å². The summed E-state index contributed by atoms with van der Waals surface area (Å²) in [5, 5.41) is 32.5. The number of carbonyl (C=O) groups is 1. The number of nitrogens with one attached hydrogen (secondary N) is 2. The van der Waals surface area contributed by atoms with Gasteiger partial charge in [-0.1, -0.05) is 26.0 Å². The lowest BCUT2D eigenvalue weighted by molar-refractivity contribution is -0.191. The summed E-state index contributed by atoms with van der Waals surface area (Å²) in [5.74, 6) is -0.461. The minimum Gasteiger partial charge on any atom is -0.461 e. The van der Waals surface area contributed by atoms with Crippen molar-refractivity contribution in [1.29, 1.82) is 0 Å². The van der Waals surface area contributed by atoms with Crippen LogP contribution >= 0.6 is 15.9 Å². The Morgan fingerprint density at radius 2 is 1.77 bits per heavy atom. The fourth-order valence-corrected chi connectivity index (χ4v) is 3.81. The summed E-state index contributed by atoms with van der Waals surface area (Å²) in [6.07, 6.45) is 0.971. The van der Waals surface area contributed by atoms with Gasteiger partial charge in [0.1, 0.15) is 5.69 Å². The Labute approximate surface area is 188 Å². The van der Waals surface area contributed by atoms with Gasteiger partial charge in [-0.05, 0) is 51.1 Å². The van der Waals surface area contributed by atoms with E-state index in [2.05, 4.69) is 26.2 Å². The molecule has 0 saturated heterocycles. The number of esters is 1. The van der Waals surface area contributed by atoms with Crippen LogP contribution in [0.2, 0.25) is 0 Å². The van der Waals surface area contributed by atoms with Crippen LogP contribution in [0.1, 0.15) is 53.1 Å². The number of H-pyrrole nitrogens is 1. The van der Waals surface area contributed by atoms with Gasteiger partial charge in [0.25, 0.3) is 0 Å². The lowest BCUT2D eigenvalue weighted by Gasteiger charge is -2.16. The number of hydrogen-bond acceptors (Lipinski definition) is 8. The molecule has 0 amide bonds. The molecule has 0 saturated carbocycles. The van der Waals surface area contributed by atoms with E-state index in [0.717, 1.165) is 18.7 Å². The van der Waals surface area contributed by atoms with E-state index in [1.54, 1.807) is 12.1 Å². The quantitative estimate of drug-likeness (QED) is 0.312. The van der Waals surface area contributed by atoms with Crippen LogP contribution in [0.25, 0.3) is 11.1 Å². The maximum Gasteiger partial charge on any atom is 0.373 e. The number of rotatable bonds is 10. The highest BCUT2D eigenvalue weighted by molar-refractivity contribution is 9.10. The second kappa shape index (κ2) is 13.9. The summed E-state index contributed by atoms with van der Waals surface area (Å²) in [7, 11) is 0. The van der Waals surface area contributed by atoms with Crippen molar-refractivity contribution in [1.82, 2.24) is 10.3 Å². The van der Waals surface area contributed by atoms with E-state index < -0.39 is 5.97 Å². The van der Waals surface area contributed by atoms with E-state index in [1.807, 2.05) is 13.8 Å². The summed E-state index contributed by atoms with van der Waals surface area (Å²) >= 11 is 3.52. The van der Waals surface area contributed by atoms with Gasteiger partial charge in [0, 0.05) is 17.8 Å². The number of benzene rings is 1. The molecule has 0 spiro atoms. The van der Waals surface area contributed by atoms with Crippen LogP contribution in [0.3, 0.4) is 0 Å². The molecule has 0 bridgehead atoms. The first kappa shape index (κ1) is 26.7. The fourth-order valence-electron chi connectivity index (χ4n) is 3.10. The molecule has 5 N–H and O–H groups in total. The fraction of sp³-hybridized carbons (Fsp3) is 0.429. The van der Waals surface area contributed by atoms with Gasteiger partial charge in [0.15, 0.2) is 0 Å². The lowest BCUT2D eigenvalue weighted by Crippen LogP contribution is -2.13. The van der Waals surface area contributed by atoms with E-state index in [4.69, 9.17) is 14.3 Å². The number of carbonyl (C=O) groups excluding carboxylic acids is 3. The molecule has 0 fully saturated rings. The molecule has 2 rings (SSSR count). The standard InChI is InChI=1S/C20H27BrN2O5.CO2/c1-3-7-28-20(27)19-18(21)17(16(23-19)8-22-4-2)13-6-5-12(9-24)14(10-25)15(13)11-26;2-1-3/h5-6,22-26H,3-4,7-11H2,1-2H3;. The van der Waals surface area contributed by atoms with Crippen LogP contribution in [-0.2, 0) is 40.7 Å². The van der Waals surface area contributed by atoms with E-state index >= 15 is 0 Å². The zero-order valence-corrected chi connectivity index (χ0v) is 19.0. The number of hydrogen-bond donors (Lipinski definition) is 5. The van der Waals surface area contributed by atoms with E-state index in [0.29, 0.717) is 51.1 Å². The minimum atomic E-state index is -0.461. The van der Waals surface area contributed by atoms with Crippen LogP contribution in [0, 0.1) is 0 Å². The van der Waals surface area contributed by atoms with Gasteiger partial charge in [0.2, 0.25) is 0 Å². The first-order valence-corrected chi connectivity index (χ1v) is 10.5. The van der Waals surface area contributed by atoms with Gasteiger partial charge < -0.3 is 30.4 Å². The molecular formula is C21H27BrN2O7. The molecule has 0 atom stereocenters. The Bertz CT molecular complexity index is 906. The van der Waals surface area contributed by atoms with Crippen LogP contribution in [0.5, 0.6) is 0 Å². The molecular weight excluding hydrogens is 472 g/mol.